The van der Waals surface area contributed by atoms with Gasteiger partial charge in [-0.25, -0.2) is 4.79 Å². The summed E-state index contributed by atoms with van der Waals surface area (Å²) >= 11 is 0. The van der Waals surface area contributed by atoms with Gasteiger partial charge < -0.3 is 9.52 Å². The van der Waals surface area contributed by atoms with Crippen molar-refractivity contribution in [2.45, 2.75) is 0 Å². The van der Waals surface area contributed by atoms with Crippen molar-refractivity contribution in [3.8, 4) is 22.5 Å². The number of hydrogen-bond acceptors (Lipinski definition) is 4. The Bertz CT molecular complexity index is 895. The van der Waals surface area contributed by atoms with Gasteiger partial charge in [0.15, 0.2) is 0 Å². The molecule has 0 saturated carbocycles. The number of fused-ring (bicyclic) bond motifs is 1. The molecule has 1 aliphatic carbocycles. The molecule has 1 N–H and O–H groups in total. The van der Waals surface area contributed by atoms with Gasteiger partial charge in [0.25, 0.3) is 5.69 Å². The molecular weight excluding hydrogens is 298 g/mol. The number of benzene rings is 1. The number of nitrogens with zero attached hydrogens (tertiary/aromatic N) is 1. The zero-order chi connectivity index (χ0) is 16.6. The Kier molecular flexibility index (Phi) is 3.42. The molecular formula is C17H11NO5. The molecule has 3 rings (SSSR count). The van der Waals surface area contributed by atoms with E-state index in [-0.39, 0.29) is 22.6 Å². The lowest BCUT2D eigenvalue weighted by Crippen LogP contribution is -2.01. The van der Waals surface area contributed by atoms with Crippen LogP contribution in [0.2, 0.25) is 0 Å². The molecule has 0 atom stereocenters. The lowest BCUT2D eigenvalue weighted by atomic mass is 10.0. The standard InChI is InChI=1S/C17H11NO5/c1-10(17(19)20)13-15(18(21)22)14(11-6-3-2-4-7-11)12-8-5-9-23-16(12)13/h2-9H,1H2,(H,19,20). The highest BCUT2D eigenvalue weighted by atomic mass is 16.6. The van der Waals surface area contributed by atoms with E-state index in [9.17, 15) is 20.0 Å². The van der Waals surface area contributed by atoms with Crippen LogP contribution in [0, 0.1) is 10.1 Å². The first kappa shape index (κ1) is 14.5. The van der Waals surface area contributed by atoms with Gasteiger partial charge >= 0.3 is 5.97 Å². The van der Waals surface area contributed by atoms with E-state index in [0.717, 1.165) is 0 Å². The Labute approximate surface area is 130 Å². The van der Waals surface area contributed by atoms with Crippen LogP contribution < -0.4 is 0 Å². The summed E-state index contributed by atoms with van der Waals surface area (Å²) in [6.07, 6.45) is 1.35. The highest BCUT2D eigenvalue weighted by Gasteiger charge is 2.36. The maximum atomic E-state index is 11.6. The van der Waals surface area contributed by atoms with Crippen molar-refractivity contribution in [2.75, 3.05) is 0 Å². The third kappa shape index (κ3) is 2.26. The summed E-state index contributed by atoms with van der Waals surface area (Å²) in [5.41, 5.74) is 0.620. The fraction of sp³-hybridized carbons (Fsp3) is 0. The number of carboxylic acids is 1. The lowest BCUT2D eigenvalue weighted by molar-refractivity contribution is -0.384. The Morgan fingerprint density at radius 3 is 2.48 bits per heavy atom. The van der Waals surface area contributed by atoms with Crippen LogP contribution in [0.15, 0.2) is 59.7 Å². The van der Waals surface area contributed by atoms with E-state index < -0.39 is 10.9 Å². The molecule has 6 heteroatoms. The van der Waals surface area contributed by atoms with Crippen molar-refractivity contribution in [2.24, 2.45) is 0 Å². The summed E-state index contributed by atoms with van der Waals surface area (Å²) in [5.74, 6) is -1.19. The molecule has 1 heterocycles. The lowest BCUT2D eigenvalue weighted by Gasteiger charge is -2.02. The van der Waals surface area contributed by atoms with Crippen molar-refractivity contribution in [3.05, 3.63) is 71.0 Å². The minimum atomic E-state index is -1.33. The van der Waals surface area contributed by atoms with E-state index in [0.29, 0.717) is 16.7 Å². The summed E-state index contributed by atoms with van der Waals surface area (Å²) in [6, 6.07) is 12.0. The van der Waals surface area contributed by atoms with Gasteiger partial charge in [-0.2, -0.15) is 0 Å². The molecule has 0 spiro atoms. The van der Waals surface area contributed by atoms with Gasteiger partial charge in [-0.3, -0.25) is 10.1 Å². The molecule has 0 saturated heterocycles. The van der Waals surface area contributed by atoms with Gasteiger partial charge in [-0.1, -0.05) is 36.9 Å². The molecule has 0 bridgehead atoms. The van der Waals surface area contributed by atoms with Crippen LogP contribution >= 0.6 is 0 Å². The number of carboxylic acid groups (broad SMARTS) is 1. The quantitative estimate of drug-likeness (QED) is 0.445. The van der Waals surface area contributed by atoms with Gasteiger partial charge in [-0.05, 0) is 17.7 Å². The summed E-state index contributed by atoms with van der Waals surface area (Å²) in [4.78, 5) is 22.3. The van der Waals surface area contributed by atoms with E-state index in [1.54, 1.807) is 42.5 Å². The van der Waals surface area contributed by atoms with Crippen LogP contribution in [0.3, 0.4) is 0 Å². The van der Waals surface area contributed by atoms with Crippen molar-refractivity contribution >= 4 is 17.2 Å². The van der Waals surface area contributed by atoms with Gasteiger partial charge in [-0.15, -0.1) is 0 Å². The van der Waals surface area contributed by atoms with Crippen molar-refractivity contribution in [1.29, 1.82) is 0 Å². The van der Waals surface area contributed by atoms with Crippen LogP contribution in [0.1, 0.15) is 5.56 Å². The fourth-order valence-electron chi connectivity index (χ4n) is 2.60. The smallest absolute Gasteiger partial charge is 0.336 e. The monoisotopic (exact) mass is 309 g/mol. The molecule has 0 fully saturated rings. The predicted molar refractivity (Wildman–Crippen MR) is 84.1 cm³/mol. The third-order valence-corrected chi connectivity index (χ3v) is 3.55. The molecule has 1 aliphatic heterocycles. The molecule has 6 nitrogen and oxygen atoms in total. The van der Waals surface area contributed by atoms with Crippen molar-refractivity contribution in [3.63, 3.8) is 0 Å². The topological polar surface area (TPSA) is 93.6 Å². The Balaban J connectivity index is 2.45. The second kappa shape index (κ2) is 5.42. The van der Waals surface area contributed by atoms with E-state index in [1.807, 2.05) is 0 Å². The first-order valence-electron chi connectivity index (χ1n) is 6.68. The number of carbonyl (C=O) groups is 1. The van der Waals surface area contributed by atoms with Crippen LogP contribution in [-0.2, 0) is 4.79 Å². The molecule has 1 aromatic rings. The first-order valence-corrected chi connectivity index (χ1v) is 6.68. The Hall–Kier alpha value is -3.41. The summed E-state index contributed by atoms with van der Waals surface area (Å²) < 4.78 is 5.38. The van der Waals surface area contributed by atoms with Gasteiger partial charge in [0.1, 0.15) is 11.3 Å². The van der Waals surface area contributed by atoms with Crippen LogP contribution in [0.5, 0.6) is 0 Å². The average molecular weight is 309 g/mol. The minimum Gasteiger partial charge on any atom is -0.478 e. The number of hydrogen-bond donors (Lipinski definition) is 1. The van der Waals surface area contributed by atoms with E-state index in [2.05, 4.69) is 6.58 Å². The molecule has 114 valence electrons. The van der Waals surface area contributed by atoms with E-state index >= 15 is 0 Å². The van der Waals surface area contributed by atoms with Gasteiger partial charge in [0, 0.05) is 5.56 Å². The van der Waals surface area contributed by atoms with Crippen molar-refractivity contribution in [1.82, 2.24) is 0 Å². The van der Waals surface area contributed by atoms with Crippen LogP contribution in [0.4, 0.5) is 5.69 Å². The number of aliphatic carboxylic acids is 1. The summed E-state index contributed by atoms with van der Waals surface area (Å²) in [6.45, 7) is 3.46. The summed E-state index contributed by atoms with van der Waals surface area (Å²) in [5, 5.41) is 20.9. The Morgan fingerprint density at radius 1 is 1.17 bits per heavy atom. The highest BCUT2D eigenvalue weighted by Crippen LogP contribution is 2.49. The van der Waals surface area contributed by atoms with Gasteiger partial charge in [0.05, 0.1) is 22.3 Å². The molecule has 1 aromatic carbocycles. The number of nitro groups is 1. The molecule has 0 unspecified atom stereocenters. The number of rotatable bonds is 4. The predicted octanol–water partition coefficient (Wildman–Crippen LogP) is 4.06. The van der Waals surface area contributed by atoms with E-state index in [4.69, 9.17) is 4.42 Å². The molecule has 0 aromatic heterocycles. The fourth-order valence-corrected chi connectivity index (χ4v) is 2.60. The van der Waals surface area contributed by atoms with Crippen LogP contribution in [0.25, 0.3) is 28.0 Å². The normalized spacial score (nSPS) is 10.6. The van der Waals surface area contributed by atoms with Crippen molar-refractivity contribution < 1.29 is 19.2 Å². The first-order chi connectivity index (χ1) is 11.0. The molecule has 2 aliphatic rings. The van der Waals surface area contributed by atoms with Gasteiger partial charge in [0.2, 0.25) is 0 Å². The molecule has 0 amide bonds. The third-order valence-electron chi connectivity index (χ3n) is 3.55. The average Bonchev–Trinajstić information content (AvgIpc) is 2.90. The van der Waals surface area contributed by atoms with Crippen LogP contribution in [-0.4, -0.2) is 16.0 Å². The maximum absolute atomic E-state index is 11.6. The second-order valence-electron chi connectivity index (χ2n) is 4.86. The largest absolute Gasteiger partial charge is 0.478 e. The minimum absolute atomic E-state index is 0.100. The zero-order valence-corrected chi connectivity index (χ0v) is 11.9. The summed E-state index contributed by atoms with van der Waals surface area (Å²) in [7, 11) is 0. The molecule has 23 heavy (non-hydrogen) atoms. The SMILES string of the molecule is C=C(C(=O)O)c1c2occcc-2c(-c2ccccc2)c1[N+](=O)[O-]. The van der Waals surface area contributed by atoms with E-state index in [1.165, 1.54) is 6.26 Å². The highest BCUT2D eigenvalue weighted by molar-refractivity contribution is 6.20. The Morgan fingerprint density at radius 2 is 1.87 bits per heavy atom. The maximum Gasteiger partial charge on any atom is 0.336 e. The second-order valence-corrected chi connectivity index (χ2v) is 4.86. The zero-order valence-electron chi connectivity index (χ0n) is 11.9. The molecule has 0 radical (unpaired) electrons.